The summed E-state index contributed by atoms with van der Waals surface area (Å²) in [5.74, 6) is 0. The van der Waals surface area contributed by atoms with Crippen LogP contribution in [0.25, 0.3) is 0 Å². The summed E-state index contributed by atoms with van der Waals surface area (Å²) in [6.45, 7) is 0. The van der Waals surface area contributed by atoms with E-state index in [0.717, 1.165) is 0 Å². The van der Waals surface area contributed by atoms with Gasteiger partial charge in [0, 0.05) is 12.8 Å². The fraction of sp³-hybridized carbons (Fsp3) is 1.00. The van der Waals surface area contributed by atoms with Crippen LogP contribution in [-0.2, 0) is 4.74 Å². The van der Waals surface area contributed by atoms with Crippen LogP contribution >= 0.6 is 0 Å². The molecule has 4 atom stereocenters. The second-order valence-corrected chi connectivity index (χ2v) is 4.37. The van der Waals surface area contributed by atoms with E-state index < -0.39 is 62.6 Å². The van der Waals surface area contributed by atoms with Crippen LogP contribution < -0.4 is 0 Å². The van der Waals surface area contributed by atoms with Crippen molar-refractivity contribution in [3.8, 4) is 0 Å². The van der Waals surface area contributed by atoms with E-state index in [1.54, 1.807) is 0 Å². The summed E-state index contributed by atoms with van der Waals surface area (Å²) >= 11 is 0. The zero-order valence-electron chi connectivity index (χ0n) is 10.8. The molecule has 1 nitrogen and oxygen atoms in total. The molecule has 0 aliphatic heterocycles. The van der Waals surface area contributed by atoms with Crippen molar-refractivity contribution in [2.75, 3.05) is 0 Å². The second kappa shape index (κ2) is 8.29. The average Bonchev–Trinajstić information content (AvgIpc) is 2.33. The smallest absolute Gasteiger partial charge is 0.356 e. The van der Waals surface area contributed by atoms with Crippen LogP contribution in [-0.4, -0.2) is 49.8 Å². The molecule has 0 amide bonds. The molecule has 140 valence electrons. The Morgan fingerprint density at radius 1 is 0.565 bits per heavy atom. The molecule has 0 aromatic rings. The number of halogens is 12. The van der Waals surface area contributed by atoms with E-state index in [0.29, 0.717) is 0 Å². The second-order valence-electron chi connectivity index (χ2n) is 4.37. The molecule has 0 radical (unpaired) electrons. The predicted octanol–water partition coefficient (Wildman–Crippen LogP) is 4.85. The van der Waals surface area contributed by atoms with Gasteiger partial charge in [-0.2, -0.15) is 26.3 Å². The Labute approximate surface area is 121 Å². The molecule has 0 fully saturated rings. The highest BCUT2D eigenvalue weighted by Crippen LogP contribution is 2.35. The number of alkyl halides is 12. The lowest BCUT2D eigenvalue weighted by Crippen LogP contribution is -2.44. The van der Waals surface area contributed by atoms with Gasteiger partial charge in [-0.1, -0.05) is 0 Å². The van der Waals surface area contributed by atoms with Gasteiger partial charge < -0.3 is 4.74 Å². The third-order valence-electron chi connectivity index (χ3n) is 2.48. The maximum Gasteiger partial charge on any atom is 0.414 e. The minimum Gasteiger partial charge on any atom is -0.356 e. The van der Waals surface area contributed by atoms with Gasteiger partial charge in [-0.3, -0.25) is 0 Å². The van der Waals surface area contributed by atoms with Gasteiger partial charge in [0.05, 0.1) is 0 Å². The van der Waals surface area contributed by atoms with Gasteiger partial charge in [0.15, 0.2) is 24.6 Å². The molecule has 0 bridgehead atoms. The van der Waals surface area contributed by atoms with Crippen molar-refractivity contribution in [2.24, 2.45) is 0 Å². The van der Waals surface area contributed by atoms with Crippen LogP contribution in [0.2, 0.25) is 0 Å². The van der Waals surface area contributed by atoms with E-state index in [1.165, 1.54) is 0 Å². The van der Waals surface area contributed by atoms with Crippen molar-refractivity contribution in [3.63, 3.8) is 0 Å². The average molecular weight is 374 g/mol. The van der Waals surface area contributed by atoms with Gasteiger partial charge in [0.1, 0.15) is 0 Å². The highest BCUT2D eigenvalue weighted by molar-refractivity contribution is 4.80. The lowest BCUT2D eigenvalue weighted by Gasteiger charge is -2.29. The van der Waals surface area contributed by atoms with Gasteiger partial charge in [0.25, 0.3) is 12.9 Å². The Hall–Kier alpha value is -0.880. The predicted molar refractivity (Wildman–Crippen MR) is 51.8 cm³/mol. The summed E-state index contributed by atoms with van der Waals surface area (Å²) < 4.78 is 151. The van der Waals surface area contributed by atoms with Crippen molar-refractivity contribution >= 4 is 0 Å². The van der Waals surface area contributed by atoms with Crippen molar-refractivity contribution in [3.05, 3.63) is 0 Å². The molecule has 0 aliphatic rings. The zero-order valence-corrected chi connectivity index (χ0v) is 10.8. The van der Waals surface area contributed by atoms with Crippen LogP contribution in [0, 0.1) is 0 Å². The fourth-order valence-electron chi connectivity index (χ4n) is 1.35. The van der Waals surface area contributed by atoms with Crippen molar-refractivity contribution < 1.29 is 57.4 Å². The first-order valence-corrected chi connectivity index (χ1v) is 5.79. The minimum atomic E-state index is -5.70. The van der Waals surface area contributed by atoms with Gasteiger partial charge >= 0.3 is 12.4 Å². The lowest BCUT2D eigenvalue weighted by atomic mass is 10.1. The summed E-state index contributed by atoms with van der Waals surface area (Å²) in [5.41, 5.74) is 0. The minimum absolute atomic E-state index is 2.20. The highest BCUT2D eigenvalue weighted by Gasteiger charge is 2.51. The maximum absolute atomic E-state index is 12.6. The monoisotopic (exact) mass is 374 g/mol. The Bertz CT molecular complexity index is 306. The molecule has 0 saturated heterocycles. The molecule has 0 aromatic carbocycles. The summed E-state index contributed by atoms with van der Waals surface area (Å²) in [6, 6.07) is 0. The van der Waals surface area contributed by atoms with E-state index in [1.807, 2.05) is 0 Å². The van der Waals surface area contributed by atoms with Gasteiger partial charge in [-0.05, 0) is 0 Å². The van der Waals surface area contributed by atoms with Gasteiger partial charge in [0.2, 0.25) is 0 Å². The van der Waals surface area contributed by atoms with Crippen LogP contribution in [0.1, 0.15) is 12.8 Å². The van der Waals surface area contributed by atoms with Crippen LogP contribution in [0.3, 0.4) is 0 Å². The highest BCUT2D eigenvalue weighted by atomic mass is 19.4. The van der Waals surface area contributed by atoms with E-state index in [4.69, 9.17) is 0 Å². The van der Waals surface area contributed by atoms with Crippen molar-refractivity contribution in [2.45, 2.75) is 62.6 Å². The third kappa shape index (κ3) is 7.97. The molecular weight excluding hydrogens is 364 g/mol. The standard InChI is InChI=1S/C10H10F12O/c11-3(7(13)14)1-5(9(17,18)19)23-6(10(20,21)22)2-4(12)8(15)16/h3-8H,1-2H2. The molecular formula is C10H10F12O. The summed E-state index contributed by atoms with van der Waals surface area (Å²) in [6.07, 6.45) is -37.9. The first-order chi connectivity index (χ1) is 10.2. The fourth-order valence-corrected chi connectivity index (χ4v) is 1.35. The van der Waals surface area contributed by atoms with E-state index >= 15 is 0 Å². The summed E-state index contributed by atoms with van der Waals surface area (Å²) in [7, 11) is 0. The molecule has 0 saturated carbocycles. The molecule has 0 rings (SSSR count). The largest absolute Gasteiger partial charge is 0.414 e. The van der Waals surface area contributed by atoms with Gasteiger partial charge in [-0.15, -0.1) is 0 Å². The third-order valence-corrected chi connectivity index (χ3v) is 2.48. The lowest BCUT2D eigenvalue weighted by molar-refractivity contribution is -0.294. The van der Waals surface area contributed by atoms with E-state index in [2.05, 4.69) is 4.74 Å². The number of hydrogen-bond acceptors (Lipinski definition) is 1. The zero-order chi connectivity index (χ0) is 18.6. The maximum atomic E-state index is 12.6. The van der Waals surface area contributed by atoms with Gasteiger partial charge in [-0.25, -0.2) is 26.3 Å². The number of hydrogen-bond donors (Lipinski definition) is 0. The Morgan fingerprint density at radius 2 is 0.826 bits per heavy atom. The van der Waals surface area contributed by atoms with Crippen molar-refractivity contribution in [1.29, 1.82) is 0 Å². The molecule has 0 aliphatic carbocycles. The Morgan fingerprint density at radius 3 is 1.00 bits per heavy atom. The molecule has 23 heavy (non-hydrogen) atoms. The Kier molecular flexibility index (Phi) is 7.97. The number of ether oxygens (including phenoxy) is 1. The molecule has 0 heterocycles. The molecule has 13 heteroatoms. The summed E-state index contributed by atoms with van der Waals surface area (Å²) in [5, 5.41) is 0. The van der Waals surface area contributed by atoms with Crippen LogP contribution in [0.15, 0.2) is 0 Å². The van der Waals surface area contributed by atoms with E-state index in [-0.39, 0.29) is 0 Å². The van der Waals surface area contributed by atoms with E-state index in [9.17, 15) is 52.7 Å². The summed E-state index contributed by atoms with van der Waals surface area (Å²) in [4.78, 5) is 0. The first kappa shape index (κ1) is 22.1. The van der Waals surface area contributed by atoms with Crippen LogP contribution in [0.5, 0.6) is 0 Å². The Balaban J connectivity index is 5.21. The molecule has 0 N–H and O–H groups in total. The molecule has 4 unspecified atom stereocenters. The SMILES string of the molecule is FC(F)C(F)CC(OC(CC(F)C(F)F)C(F)(F)F)C(F)(F)F. The first-order valence-electron chi connectivity index (χ1n) is 5.79. The quantitative estimate of drug-likeness (QED) is 0.552. The van der Waals surface area contributed by atoms with Crippen LogP contribution in [0.4, 0.5) is 52.7 Å². The normalized spacial score (nSPS) is 19.0. The topological polar surface area (TPSA) is 9.23 Å². The molecule has 0 spiro atoms. The molecule has 0 aromatic heterocycles. The van der Waals surface area contributed by atoms with Crippen molar-refractivity contribution in [1.82, 2.24) is 0 Å². The number of rotatable bonds is 8.